The van der Waals surface area contributed by atoms with Crippen LogP contribution in [-0.2, 0) is 11.3 Å². The molecule has 0 aromatic heterocycles. The second-order valence-corrected chi connectivity index (χ2v) is 8.25. The lowest BCUT2D eigenvalue weighted by molar-refractivity contribution is -0.132. The summed E-state index contributed by atoms with van der Waals surface area (Å²) >= 11 is 3.37. The van der Waals surface area contributed by atoms with E-state index >= 15 is 0 Å². The van der Waals surface area contributed by atoms with Crippen molar-refractivity contribution in [1.82, 2.24) is 10.2 Å². The number of hydrogen-bond donors (Lipinski definition) is 2. The number of nitrogens with one attached hydrogen (secondary N) is 2. The Hall–Kier alpha value is -2.41. The Morgan fingerprint density at radius 2 is 1.82 bits per heavy atom. The number of piperidine rings is 1. The van der Waals surface area contributed by atoms with Crippen molar-refractivity contribution in [3.8, 4) is 0 Å². The molecular formula is C21H23BrFN3O2. The van der Waals surface area contributed by atoms with Gasteiger partial charge < -0.3 is 15.5 Å². The fourth-order valence-corrected chi connectivity index (χ4v) is 3.60. The van der Waals surface area contributed by atoms with Crippen LogP contribution in [0.1, 0.15) is 25.3 Å². The number of carbonyl (C=O) groups excluding carboxylic acids is 2. The van der Waals surface area contributed by atoms with Crippen LogP contribution in [0.25, 0.3) is 0 Å². The monoisotopic (exact) mass is 447 g/mol. The van der Waals surface area contributed by atoms with Crippen LogP contribution in [0.15, 0.2) is 53.0 Å². The van der Waals surface area contributed by atoms with Crippen molar-refractivity contribution >= 4 is 33.6 Å². The van der Waals surface area contributed by atoms with Gasteiger partial charge in [0.05, 0.1) is 5.41 Å². The zero-order chi connectivity index (χ0) is 20.1. The van der Waals surface area contributed by atoms with Crippen LogP contribution >= 0.6 is 15.9 Å². The fourth-order valence-electron chi connectivity index (χ4n) is 3.33. The van der Waals surface area contributed by atoms with Crippen LogP contribution < -0.4 is 10.6 Å². The normalized spacial score (nSPS) is 19.2. The maximum absolute atomic E-state index is 13.0. The standard InChI is InChI=1S/C21H23BrFN3O2/c1-21(19(27)24-13-15-3-7-17(23)8-4-15)11-2-12-26(14-21)20(28)25-18-9-5-16(22)6-10-18/h3-10H,2,11-14H2,1H3,(H,24,27)(H,25,28). The number of benzene rings is 2. The van der Waals surface area contributed by atoms with Crippen molar-refractivity contribution < 1.29 is 14.0 Å². The van der Waals surface area contributed by atoms with Gasteiger partial charge in [-0.25, -0.2) is 9.18 Å². The first-order chi connectivity index (χ1) is 13.4. The van der Waals surface area contributed by atoms with E-state index in [0.717, 1.165) is 16.5 Å². The van der Waals surface area contributed by atoms with E-state index in [-0.39, 0.29) is 17.8 Å². The Morgan fingerprint density at radius 1 is 1.14 bits per heavy atom. The molecule has 1 atom stereocenters. The molecule has 2 aromatic rings. The predicted molar refractivity (Wildman–Crippen MR) is 110 cm³/mol. The molecule has 2 aromatic carbocycles. The molecule has 1 aliphatic heterocycles. The van der Waals surface area contributed by atoms with Gasteiger partial charge >= 0.3 is 6.03 Å². The van der Waals surface area contributed by atoms with Crippen LogP contribution in [0.5, 0.6) is 0 Å². The summed E-state index contributed by atoms with van der Waals surface area (Å²) in [7, 11) is 0. The summed E-state index contributed by atoms with van der Waals surface area (Å²) < 4.78 is 13.9. The van der Waals surface area contributed by atoms with E-state index in [9.17, 15) is 14.0 Å². The van der Waals surface area contributed by atoms with E-state index in [1.54, 1.807) is 17.0 Å². The number of carbonyl (C=O) groups is 2. The molecular weight excluding hydrogens is 425 g/mol. The van der Waals surface area contributed by atoms with Crippen molar-refractivity contribution in [3.63, 3.8) is 0 Å². The second kappa shape index (κ2) is 8.73. The number of amides is 3. The summed E-state index contributed by atoms with van der Waals surface area (Å²) in [6, 6.07) is 13.2. The summed E-state index contributed by atoms with van der Waals surface area (Å²) in [6.07, 6.45) is 1.47. The van der Waals surface area contributed by atoms with E-state index in [1.807, 2.05) is 31.2 Å². The third kappa shape index (κ3) is 5.10. The third-order valence-corrected chi connectivity index (χ3v) is 5.52. The molecule has 1 heterocycles. The first kappa shape index (κ1) is 20.3. The van der Waals surface area contributed by atoms with Crippen molar-refractivity contribution in [2.45, 2.75) is 26.3 Å². The highest BCUT2D eigenvalue weighted by Gasteiger charge is 2.39. The predicted octanol–water partition coefficient (Wildman–Crippen LogP) is 4.54. The Balaban J connectivity index is 1.58. The molecule has 0 aliphatic carbocycles. The fraction of sp³-hybridized carbons (Fsp3) is 0.333. The minimum Gasteiger partial charge on any atom is -0.351 e. The van der Waals surface area contributed by atoms with Gasteiger partial charge in [0.15, 0.2) is 0 Å². The van der Waals surface area contributed by atoms with E-state index in [4.69, 9.17) is 0 Å². The Kier molecular flexibility index (Phi) is 6.34. The first-order valence-electron chi connectivity index (χ1n) is 9.20. The molecule has 2 N–H and O–H groups in total. The molecule has 7 heteroatoms. The van der Waals surface area contributed by atoms with Crippen LogP contribution in [0, 0.1) is 11.2 Å². The maximum Gasteiger partial charge on any atom is 0.321 e. The van der Waals surface area contributed by atoms with Crippen molar-refractivity contribution in [2.24, 2.45) is 5.41 Å². The topological polar surface area (TPSA) is 61.4 Å². The Bertz CT molecular complexity index is 842. The van der Waals surface area contributed by atoms with Gasteiger partial charge in [-0.3, -0.25) is 4.79 Å². The zero-order valence-corrected chi connectivity index (χ0v) is 17.3. The second-order valence-electron chi connectivity index (χ2n) is 7.33. The van der Waals surface area contributed by atoms with Gasteiger partial charge in [-0.05, 0) is 61.7 Å². The molecule has 3 amide bonds. The lowest BCUT2D eigenvalue weighted by atomic mass is 9.81. The van der Waals surface area contributed by atoms with Gasteiger partial charge in [-0.1, -0.05) is 28.1 Å². The highest BCUT2D eigenvalue weighted by atomic mass is 79.9. The van der Waals surface area contributed by atoms with Crippen LogP contribution in [0.3, 0.4) is 0 Å². The number of rotatable bonds is 4. The largest absolute Gasteiger partial charge is 0.351 e. The quantitative estimate of drug-likeness (QED) is 0.722. The van der Waals surface area contributed by atoms with Crippen LogP contribution in [-0.4, -0.2) is 29.9 Å². The first-order valence-corrected chi connectivity index (χ1v) is 9.99. The SMILES string of the molecule is CC1(C(=O)NCc2ccc(F)cc2)CCCN(C(=O)Nc2ccc(Br)cc2)C1. The van der Waals surface area contributed by atoms with E-state index < -0.39 is 5.41 Å². The molecule has 1 saturated heterocycles. The van der Waals surface area contributed by atoms with Gasteiger partial charge in [0.1, 0.15) is 5.82 Å². The smallest absolute Gasteiger partial charge is 0.321 e. The van der Waals surface area contributed by atoms with Crippen molar-refractivity contribution in [3.05, 3.63) is 64.4 Å². The molecule has 1 fully saturated rings. The number of hydrogen-bond acceptors (Lipinski definition) is 2. The van der Waals surface area contributed by atoms with E-state index in [2.05, 4.69) is 26.6 Å². The van der Waals surface area contributed by atoms with Crippen LogP contribution in [0.2, 0.25) is 0 Å². The number of nitrogens with zero attached hydrogens (tertiary/aromatic N) is 1. The summed E-state index contributed by atoms with van der Waals surface area (Å²) in [5.41, 5.74) is 0.884. The Morgan fingerprint density at radius 3 is 2.50 bits per heavy atom. The van der Waals surface area contributed by atoms with Gasteiger partial charge in [-0.15, -0.1) is 0 Å². The average molecular weight is 448 g/mol. The maximum atomic E-state index is 13.0. The van der Waals surface area contributed by atoms with Gasteiger partial charge in [0.25, 0.3) is 0 Å². The minimum absolute atomic E-state index is 0.0991. The minimum atomic E-state index is -0.657. The average Bonchev–Trinajstić information content (AvgIpc) is 2.69. The summed E-state index contributed by atoms with van der Waals surface area (Å²) in [5, 5.41) is 5.80. The third-order valence-electron chi connectivity index (χ3n) is 4.99. The molecule has 1 aliphatic rings. The molecule has 1 unspecified atom stereocenters. The summed E-state index contributed by atoms with van der Waals surface area (Å²) in [5.74, 6) is -0.403. The number of urea groups is 1. The lowest BCUT2D eigenvalue weighted by Gasteiger charge is -2.39. The summed E-state index contributed by atoms with van der Waals surface area (Å²) in [4.78, 5) is 27.1. The molecule has 148 valence electrons. The molecule has 5 nitrogen and oxygen atoms in total. The molecule has 3 rings (SSSR count). The summed E-state index contributed by atoms with van der Waals surface area (Å²) in [6.45, 7) is 3.18. The molecule has 0 saturated carbocycles. The van der Waals surface area contributed by atoms with Gasteiger partial charge in [-0.2, -0.15) is 0 Å². The zero-order valence-electron chi connectivity index (χ0n) is 15.7. The molecule has 0 spiro atoms. The molecule has 0 radical (unpaired) electrons. The highest BCUT2D eigenvalue weighted by Crippen LogP contribution is 2.30. The van der Waals surface area contributed by atoms with E-state index in [0.29, 0.717) is 31.7 Å². The number of halogens is 2. The lowest BCUT2D eigenvalue weighted by Crippen LogP contribution is -2.52. The van der Waals surface area contributed by atoms with E-state index in [1.165, 1.54) is 12.1 Å². The van der Waals surface area contributed by atoms with Crippen LogP contribution in [0.4, 0.5) is 14.9 Å². The van der Waals surface area contributed by atoms with Gasteiger partial charge in [0, 0.05) is 29.8 Å². The van der Waals surface area contributed by atoms with Crippen molar-refractivity contribution in [2.75, 3.05) is 18.4 Å². The Labute approximate surface area is 172 Å². The molecule has 0 bridgehead atoms. The van der Waals surface area contributed by atoms with Crippen molar-refractivity contribution in [1.29, 1.82) is 0 Å². The number of likely N-dealkylation sites (tertiary alicyclic amines) is 1. The molecule has 28 heavy (non-hydrogen) atoms. The van der Waals surface area contributed by atoms with Gasteiger partial charge in [0.2, 0.25) is 5.91 Å². The number of anilines is 1. The highest BCUT2D eigenvalue weighted by molar-refractivity contribution is 9.10.